The molecule has 1 saturated heterocycles. The number of carbonyl (C=O) groups is 1. The van der Waals surface area contributed by atoms with Crippen LogP contribution >= 0.6 is 0 Å². The number of carbonyl (C=O) groups excluding carboxylic acids is 1. The summed E-state index contributed by atoms with van der Waals surface area (Å²) >= 11 is 0. The Balaban J connectivity index is 1.31. The van der Waals surface area contributed by atoms with Crippen molar-refractivity contribution in [2.45, 2.75) is 19.5 Å². The zero-order valence-electron chi connectivity index (χ0n) is 16.6. The smallest absolute Gasteiger partial charge is 0.373 e. The number of esters is 1. The van der Waals surface area contributed by atoms with E-state index >= 15 is 0 Å². The van der Waals surface area contributed by atoms with Crippen molar-refractivity contribution in [1.82, 2.24) is 19.8 Å². The number of benzene rings is 1. The number of H-pyrrole nitrogens is 1. The van der Waals surface area contributed by atoms with Crippen molar-refractivity contribution in [1.29, 1.82) is 0 Å². The highest BCUT2D eigenvalue weighted by molar-refractivity contribution is 5.86. The molecule has 0 spiro atoms. The monoisotopic (exact) mass is 394 g/mol. The van der Waals surface area contributed by atoms with Gasteiger partial charge in [0.2, 0.25) is 5.76 Å². The molecule has 4 rings (SSSR count). The average Bonchev–Trinajstić information content (AvgIpc) is 3.36. The number of hydrogen-bond donors (Lipinski definition) is 1. The topological polar surface area (TPSA) is 74.6 Å². The minimum absolute atomic E-state index is 0.257. The summed E-state index contributed by atoms with van der Waals surface area (Å²) < 4.78 is 10.3. The van der Waals surface area contributed by atoms with Gasteiger partial charge in [-0.25, -0.2) is 9.78 Å². The molecule has 3 aromatic rings. The summed E-state index contributed by atoms with van der Waals surface area (Å²) in [4.78, 5) is 24.3. The molecular formula is C22H26N4O3. The number of imidazole rings is 1. The normalized spacial score (nSPS) is 15.9. The Morgan fingerprint density at radius 3 is 2.59 bits per heavy atom. The predicted octanol–water partition coefficient (Wildman–Crippen LogP) is 3.16. The highest BCUT2D eigenvalue weighted by Crippen LogP contribution is 2.17. The van der Waals surface area contributed by atoms with Crippen molar-refractivity contribution in [3.8, 4) is 11.4 Å². The maximum atomic E-state index is 11.5. The van der Waals surface area contributed by atoms with Gasteiger partial charge < -0.3 is 14.1 Å². The molecular weight excluding hydrogens is 368 g/mol. The summed E-state index contributed by atoms with van der Waals surface area (Å²) in [6.45, 7) is 5.54. The number of methoxy groups -OCH3 is 1. The Kier molecular flexibility index (Phi) is 6.07. The Hall–Kier alpha value is -2.90. The van der Waals surface area contributed by atoms with Gasteiger partial charge in [-0.1, -0.05) is 30.3 Å². The SMILES string of the molecule is COC(=O)c1ccc(CN2CCCN(Cc3cnc(-c4ccccc4)[nH]3)CC2)o1. The van der Waals surface area contributed by atoms with Crippen molar-refractivity contribution in [2.75, 3.05) is 33.3 Å². The van der Waals surface area contributed by atoms with Crippen LogP contribution in [0.1, 0.15) is 28.4 Å². The van der Waals surface area contributed by atoms with Crippen molar-refractivity contribution < 1.29 is 13.9 Å². The molecule has 1 fully saturated rings. The summed E-state index contributed by atoms with van der Waals surface area (Å²) in [6, 6.07) is 13.7. The zero-order chi connectivity index (χ0) is 20.1. The van der Waals surface area contributed by atoms with Gasteiger partial charge in [-0.05, 0) is 31.6 Å². The van der Waals surface area contributed by atoms with Crippen LogP contribution in [0.2, 0.25) is 0 Å². The molecule has 3 heterocycles. The van der Waals surface area contributed by atoms with Gasteiger partial charge in [-0.2, -0.15) is 0 Å². The molecule has 2 aromatic heterocycles. The van der Waals surface area contributed by atoms with Crippen LogP contribution in [0.3, 0.4) is 0 Å². The average molecular weight is 394 g/mol. The van der Waals surface area contributed by atoms with Crippen molar-refractivity contribution in [3.05, 3.63) is 65.9 Å². The second-order valence-electron chi connectivity index (χ2n) is 7.29. The van der Waals surface area contributed by atoms with Gasteiger partial charge in [0.05, 0.1) is 13.7 Å². The molecule has 1 aliphatic heterocycles. The molecule has 1 aliphatic rings. The fraction of sp³-hybridized carbons (Fsp3) is 0.364. The van der Waals surface area contributed by atoms with Gasteiger partial charge in [0.1, 0.15) is 11.6 Å². The lowest BCUT2D eigenvalue weighted by molar-refractivity contribution is 0.0561. The lowest BCUT2D eigenvalue weighted by atomic mass is 10.2. The molecule has 29 heavy (non-hydrogen) atoms. The summed E-state index contributed by atoms with van der Waals surface area (Å²) in [6.07, 6.45) is 3.02. The maximum absolute atomic E-state index is 11.5. The third-order valence-corrected chi connectivity index (χ3v) is 5.18. The van der Waals surface area contributed by atoms with E-state index in [2.05, 4.69) is 31.9 Å². The second-order valence-corrected chi connectivity index (χ2v) is 7.29. The second kappa shape index (κ2) is 9.07. The highest BCUT2D eigenvalue weighted by Gasteiger charge is 2.18. The number of aromatic nitrogens is 2. The van der Waals surface area contributed by atoms with E-state index in [0.717, 1.165) is 62.0 Å². The van der Waals surface area contributed by atoms with Crippen molar-refractivity contribution in [3.63, 3.8) is 0 Å². The number of aromatic amines is 1. The van der Waals surface area contributed by atoms with E-state index < -0.39 is 5.97 Å². The Bertz CT molecular complexity index is 934. The molecule has 0 unspecified atom stereocenters. The first-order valence-electron chi connectivity index (χ1n) is 9.92. The number of rotatable bonds is 6. The minimum atomic E-state index is -0.437. The lowest BCUT2D eigenvalue weighted by Crippen LogP contribution is -2.30. The summed E-state index contributed by atoms with van der Waals surface area (Å²) in [5.41, 5.74) is 2.23. The van der Waals surface area contributed by atoms with Crippen LogP contribution in [0.4, 0.5) is 0 Å². The number of furan rings is 1. The van der Waals surface area contributed by atoms with Crippen molar-refractivity contribution >= 4 is 5.97 Å². The van der Waals surface area contributed by atoms with Crippen molar-refractivity contribution in [2.24, 2.45) is 0 Å². The van der Waals surface area contributed by atoms with Gasteiger partial charge in [-0.15, -0.1) is 0 Å². The Morgan fingerprint density at radius 2 is 1.83 bits per heavy atom. The van der Waals surface area contributed by atoms with Gasteiger partial charge in [0.15, 0.2) is 0 Å². The van der Waals surface area contributed by atoms with E-state index in [4.69, 9.17) is 9.15 Å². The highest BCUT2D eigenvalue weighted by atomic mass is 16.5. The van der Waals surface area contributed by atoms with E-state index in [-0.39, 0.29) is 5.76 Å². The molecule has 0 radical (unpaired) electrons. The van der Waals surface area contributed by atoms with Gasteiger partial charge in [-0.3, -0.25) is 9.80 Å². The predicted molar refractivity (Wildman–Crippen MR) is 109 cm³/mol. The number of ether oxygens (including phenoxy) is 1. The number of nitrogens with one attached hydrogen (secondary N) is 1. The van der Waals surface area contributed by atoms with Gasteiger partial charge in [0.25, 0.3) is 0 Å². The van der Waals surface area contributed by atoms with Gasteiger partial charge in [0, 0.05) is 37.1 Å². The van der Waals surface area contributed by atoms with Crippen LogP contribution in [0.5, 0.6) is 0 Å². The van der Waals surface area contributed by atoms with Crippen LogP contribution in [0, 0.1) is 0 Å². The van der Waals surface area contributed by atoms with Crippen LogP contribution in [0.25, 0.3) is 11.4 Å². The van der Waals surface area contributed by atoms with Gasteiger partial charge >= 0.3 is 5.97 Å². The molecule has 7 heteroatoms. The first-order chi connectivity index (χ1) is 14.2. The fourth-order valence-corrected chi connectivity index (χ4v) is 3.66. The molecule has 1 aromatic carbocycles. The van der Waals surface area contributed by atoms with E-state index in [1.165, 1.54) is 7.11 Å². The fourth-order valence-electron chi connectivity index (χ4n) is 3.66. The molecule has 152 valence electrons. The molecule has 0 bridgehead atoms. The van der Waals surface area contributed by atoms with Crippen LogP contribution < -0.4 is 0 Å². The summed E-state index contributed by atoms with van der Waals surface area (Å²) in [5, 5.41) is 0. The van der Waals surface area contributed by atoms with E-state index in [1.54, 1.807) is 6.07 Å². The zero-order valence-corrected chi connectivity index (χ0v) is 16.6. The van der Waals surface area contributed by atoms with Crippen LogP contribution in [-0.2, 0) is 17.8 Å². The molecule has 7 nitrogen and oxygen atoms in total. The van der Waals surface area contributed by atoms with Crippen LogP contribution in [-0.4, -0.2) is 59.0 Å². The first kappa shape index (κ1) is 19.4. The lowest BCUT2D eigenvalue weighted by Gasteiger charge is -2.20. The Morgan fingerprint density at radius 1 is 1.07 bits per heavy atom. The Labute approximate surface area is 170 Å². The summed E-state index contributed by atoms with van der Waals surface area (Å²) in [5.74, 6) is 1.52. The third-order valence-electron chi connectivity index (χ3n) is 5.18. The number of nitrogens with zero attached hydrogens (tertiary/aromatic N) is 3. The molecule has 0 saturated carbocycles. The van der Waals surface area contributed by atoms with E-state index in [1.807, 2.05) is 30.5 Å². The van der Waals surface area contributed by atoms with Crippen LogP contribution in [0.15, 0.2) is 53.1 Å². The van der Waals surface area contributed by atoms with E-state index in [0.29, 0.717) is 6.54 Å². The standard InChI is InChI=1S/C22H26N4O3/c1-28-22(27)20-9-8-19(29-20)16-26-11-5-10-25(12-13-26)15-18-14-23-21(24-18)17-6-3-2-4-7-17/h2-4,6-9,14H,5,10-13,15-16H2,1H3,(H,23,24). The first-order valence-corrected chi connectivity index (χ1v) is 9.92. The largest absolute Gasteiger partial charge is 0.463 e. The molecule has 0 atom stereocenters. The quantitative estimate of drug-likeness (QED) is 0.648. The van der Waals surface area contributed by atoms with E-state index in [9.17, 15) is 4.79 Å². The minimum Gasteiger partial charge on any atom is -0.463 e. The molecule has 1 N–H and O–H groups in total. The number of hydrogen-bond acceptors (Lipinski definition) is 6. The maximum Gasteiger partial charge on any atom is 0.373 e. The molecule has 0 aliphatic carbocycles. The molecule has 0 amide bonds. The summed E-state index contributed by atoms with van der Waals surface area (Å²) in [7, 11) is 1.36. The third kappa shape index (κ3) is 4.93.